The maximum atomic E-state index is 13.8. The predicted molar refractivity (Wildman–Crippen MR) is 178 cm³/mol. The molecule has 0 spiro atoms. The predicted octanol–water partition coefficient (Wildman–Crippen LogP) is 2.79. The molecule has 2 aromatic rings. The van der Waals surface area contributed by atoms with Crippen LogP contribution in [0, 0.1) is 12.3 Å². The summed E-state index contributed by atoms with van der Waals surface area (Å²) in [5.74, 6) is -1.32. The summed E-state index contributed by atoms with van der Waals surface area (Å²) in [5, 5.41) is 18.7. The summed E-state index contributed by atoms with van der Waals surface area (Å²) < 4.78 is 16.0. The molecule has 1 saturated heterocycles. The summed E-state index contributed by atoms with van der Waals surface area (Å²) in [4.78, 5) is 58.2. The molecule has 47 heavy (non-hydrogen) atoms. The number of likely N-dealkylation sites (tertiary alicyclic amines) is 1. The van der Waals surface area contributed by atoms with Crippen LogP contribution in [-0.2, 0) is 35.1 Å². The largest absolute Gasteiger partial charge is 0.444 e. The monoisotopic (exact) mass is 675 g/mol. The zero-order chi connectivity index (χ0) is 34.8. The minimum Gasteiger partial charge on any atom is -0.444 e. The van der Waals surface area contributed by atoms with E-state index < -0.39 is 47.1 Å². The first-order chi connectivity index (χ1) is 22.0. The molecule has 3 atom stereocenters. The van der Waals surface area contributed by atoms with Crippen molar-refractivity contribution in [3.8, 4) is 10.4 Å². The van der Waals surface area contributed by atoms with Gasteiger partial charge in [-0.3, -0.25) is 14.4 Å². The third-order valence-corrected chi connectivity index (χ3v) is 8.21. The SMILES string of the molecule is Cc1ncsc1-c1ccc(CNC(=O)C2C[C@H](O)CN2C(=O)[C@H](NC(=O)COCCOCCNC(=O)OC(C)(C)C)C(C)(C)C)cc1. The molecule has 4 amide bonds. The molecule has 3 rings (SSSR count). The van der Waals surface area contributed by atoms with Crippen LogP contribution < -0.4 is 16.0 Å². The molecule has 1 aliphatic rings. The van der Waals surface area contributed by atoms with Crippen molar-refractivity contribution in [1.29, 1.82) is 0 Å². The van der Waals surface area contributed by atoms with Gasteiger partial charge in [0.15, 0.2) is 0 Å². The van der Waals surface area contributed by atoms with Crippen molar-refractivity contribution in [2.75, 3.05) is 39.5 Å². The number of thiazole rings is 1. The summed E-state index contributed by atoms with van der Waals surface area (Å²) in [6, 6.07) is 6.00. The number of hydrogen-bond donors (Lipinski definition) is 4. The molecule has 4 N–H and O–H groups in total. The van der Waals surface area contributed by atoms with Crippen molar-refractivity contribution in [1.82, 2.24) is 25.8 Å². The number of aliphatic hydroxyl groups is 1. The number of aryl methyl sites for hydroxylation is 1. The van der Waals surface area contributed by atoms with Gasteiger partial charge in [-0.1, -0.05) is 45.0 Å². The Labute approximate surface area is 280 Å². The van der Waals surface area contributed by atoms with Gasteiger partial charge in [-0.2, -0.15) is 0 Å². The van der Waals surface area contributed by atoms with E-state index in [1.54, 1.807) is 37.6 Å². The Morgan fingerprint density at radius 2 is 1.70 bits per heavy atom. The van der Waals surface area contributed by atoms with Crippen LogP contribution in [-0.4, -0.2) is 102 Å². The van der Waals surface area contributed by atoms with E-state index >= 15 is 0 Å². The molecule has 0 bridgehead atoms. The van der Waals surface area contributed by atoms with Crippen molar-refractivity contribution >= 4 is 35.2 Å². The van der Waals surface area contributed by atoms with Crippen LogP contribution in [0.25, 0.3) is 10.4 Å². The topological polar surface area (TPSA) is 168 Å². The fourth-order valence-electron chi connectivity index (χ4n) is 4.91. The lowest BCUT2D eigenvalue weighted by molar-refractivity contribution is -0.144. The Morgan fingerprint density at radius 1 is 1.02 bits per heavy atom. The van der Waals surface area contributed by atoms with Gasteiger partial charge < -0.3 is 40.2 Å². The number of β-amino-alcohol motifs (C(OH)–C–C–N with tert-alkyl or cyclic N) is 1. The first-order valence-corrected chi connectivity index (χ1v) is 16.6. The summed E-state index contributed by atoms with van der Waals surface area (Å²) in [6.45, 7) is 13.5. The lowest BCUT2D eigenvalue weighted by Crippen LogP contribution is -2.58. The van der Waals surface area contributed by atoms with Crippen molar-refractivity contribution in [2.24, 2.45) is 5.41 Å². The highest BCUT2D eigenvalue weighted by molar-refractivity contribution is 7.13. The highest BCUT2D eigenvalue weighted by atomic mass is 32.1. The first kappa shape index (κ1) is 37.9. The molecule has 0 radical (unpaired) electrons. The van der Waals surface area contributed by atoms with Crippen LogP contribution in [0.2, 0.25) is 0 Å². The van der Waals surface area contributed by atoms with Crippen LogP contribution in [0.5, 0.6) is 0 Å². The van der Waals surface area contributed by atoms with Gasteiger partial charge in [0.05, 0.1) is 42.0 Å². The quantitative estimate of drug-likeness (QED) is 0.220. The lowest BCUT2D eigenvalue weighted by atomic mass is 9.85. The fraction of sp³-hybridized carbons (Fsp3) is 0.606. The molecule has 2 heterocycles. The summed E-state index contributed by atoms with van der Waals surface area (Å²) in [5.41, 5.74) is 3.44. The Kier molecular flexibility index (Phi) is 13.7. The number of aromatic nitrogens is 1. The maximum absolute atomic E-state index is 13.8. The van der Waals surface area contributed by atoms with Gasteiger partial charge >= 0.3 is 6.09 Å². The van der Waals surface area contributed by atoms with Crippen LogP contribution >= 0.6 is 11.3 Å². The number of hydrogen-bond acceptors (Lipinski definition) is 10. The number of benzene rings is 1. The summed E-state index contributed by atoms with van der Waals surface area (Å²) in [7, 11) is 0. The summed E-state index contributed by atoms with van der Waals surface area (Å²) >= 11 is 1.57. The van der Waals surface area contributed by atoms with Crippen LogP contribution in [0.4, 0.5) is 4.79 Å². The summed E-state index contributed by atoms with van der Waals surface area (Å²) in [6.07, 6.45) is -1.30. The third-order valence-electron chi connectivity index (χ3n) is 7.23. The number of carbonyl (C=O) groups excluding carboxylic acids is 4. The average molecular weight is 676 g/mol. The highest BCUT2D eigenvalue weighted by Gasteiger charge is 2.44. The highest BCUT2D eigenvalue weighted by Crippen LogP contribution is 2.28. The number of ether oxygens (including phenoxy) is 3. The standard InChI is InChI=1S/C33H49N5O8S/c1-21-27(47-20-36-21)23-10-8-22(9-11-23)17-35-29(41)25-16-24(39)18-38(25)30(42)28(32(2,3)4)37-26(40)19-45-15-14-44-13-12-34-31(43)46-33(5,6)7/h8-11,20,24-25,28,39H,12-19H2,1-7H3,(H,34,43)(H,35,41)(H,37,40)/t24-,25?,28-/m0/s1. The molecule has 1 fully saturated rings. The van der Waals surface area contributed by atoms with E-state index in [2.05, 4.69) is 20.9 Å². The van der Waals surface area contributed by atoms with Crippen molar-refractivity contribution < 1.29 is 38.5 Å². The second-order valence-corrected chi connectivity index (χ2v) is 14.4. The second-order valence-electron chi connectivity index (χ2n) is 13.5. The van der Waals surface area contributed by atoms with Gasteiger partial charge in [-0.25, -0.2) is 9.78 Å². The van der Waals surface area contributed by atoms with Gasteiger partial charge in [0.2, 0.25) is 17.7 Å². The normalized spacial score (nSPS) is 17.2. The minimum absolute atomic E-state index is 0.0150. The van der Waals surface area contributed by atoms with Crippen molar-refractivity contribution in [3.63, 3.8) is 0 Å². The first-order valence-electron chi connectivity index (χ1n) is 15.7. The molecule has 1 aromatic carbocycles. The molecule has 14 heteroatoms. The van der Waals surface area contributed by atoms with E-state index in [9.17, 15) is 24.3 Å². The van der Waals surface area contributed by atoms with Gasteiger partial charge in [0.1, 0.15) is 24.3 Å². The number of carbonyl (C=O) groups is 4. The Bertz CT molecular complexity index is 1350. The molecule has 1 aliphatic heterocycles. The van der Waals surface area contributed by atoms with E-state index in [0.717, 1.165) is 21.7 Å². The number of nitrogens with zero attached hydrogens (tertiary/aromatic N) is 2. The molecule has 1 aromatic heterocycles. The Hall–Kier alpha value is -3.59. The molecule has 1 unspecified atom stereocenters. The molecule has 0 aliphatic carbocycles. The minimum atomic E-state index is -0.961. The van der Waals surface area contributed by atoms with Crippen molar-refractivity contribution in [2.45, 2.75) is 85.2 Å². The number of alkyl carbamates (subject to hydrolysis) is 1. The van der Waals surface area contributed by atoms with Crippen molar-refractivity contribution in [3.05, 3.63) is 41.0 Å². The zero-order valence-corrected chi connectivity index (χ0v) is 29.2. The average Bonchev–Trinajstić information content (AvgIpc) is 3.59. The van der Waals surface area contributed by atoms with E-state index in [4.69, 9.17) is 14.2 Å². The third kappa shape index (κ3) is 12.2. The van der Waals surface area contributed by atoms with Crippen LogP contribution in [0.15, 0.2) is 29.8 Å². The number of nitrogens with one attached hydrogen (secondary N) is 3. The Morgan fingerprint density at radius 3 is 2.32 bits per heavy atom. The molecule has 13 nitrogen and oxygen atoms in total. The van der Waals surface area contributed by atoms with E-state index in [0.29, 0.717) is 0 Å². The lowest BCUT2D eigenvalue weighted by Gasteiger charge is -2.35. The van der Waals surface area contributed by atoms with E-state index in [-0.39, 0.29) is 58.4 Å². The second kappa shape index (κ2) is 17.0. The number of rotatable bonds is 14. The zero-order valence-electron chi connectivity index (χ0n) is 28.4. The smallest absolute Gasteiger partial charge is 0.407 e. The van der Waals surface area contributed by atoms with Crippen LogP contribution in [0.1, 0.15) is 59.2 Å². The van der Waals surface area contributed by atoms with Crippen LogP contribution in [0.3, 0.4) is 0 Å². The van der Waals surface area contributed by atoms with Gasteiger partial charge in [-0.15, -0.1) is 11.3 Å². The number of amides is 4. The molecule has 0 saturated carbocycles. The van der Waals surface area contributed by atoms with Gasteiger partial charge in [-0.05, 0) is 44.2 Å². The van der Waals surface area contributed by atoms with E-state index in [1.165, 1.54) is 4.90 Å². The fourth-order valence-corrected chi connectivity index (χ4v) is 5.72. The molecular weight excluding hydrogens is 626 g/mol. The molecular formula is C33H49N5O8S. The van der Waals surface area contributed by atoms with Gasteiger partial charge in [0, 0.05) is 26.1 Å². The maximum Gasteiger partial charge on any atom is 0.407 e. The van der Waals surface area contributed by atoms with Gasteiger partial charge in [0.25, 0.3) is 0 Å². The Balaban J connectivity index is 1.46. The number of aliphatic hydroxyl groups excluding tert-OH is 1. The van der Waals surface area contributed by atoms with E-state index in [1.807, 2.05) is 52.0 Å². The molecule has 260 valence electrons.